The highest BCUT2D eigenvalue weighted by molar-refractivity contribution is 6.08. The van der Waals surface area contributed by atoms with Gasteiger partial charge in [0.1, 0.15) is 12.2 Å². The fourth-order valence-corrected chi connectivity index (χ4v) is 5.48. The molecular weight excluding hydrogens is 459 g/mol. The molecule has 2 N–H and O–H groups in total. The molecule has 0 radical (unpaired) electrons. The Balaban J connectivity index is 1.28. The van der Waals surface area contributed by atoms with Crippen LogP contribution in [-0.2, 0) is 19.0 Å². The van der Waals surface area contributed by atoms with Gasteiger partial charge in [0, 0.05) is 26.0 Å². The van der Waals surface area contributed by atoms with E-state index in [9.17, 15) is 9.18 Å². The predicted molar refractivity (Wildman–Crippen MR) is 132 cm³/mol. The summed E-state index contributed by atoms with van der Waals surface area (Å²) in [4.78, 5) is 22.0. The second-order valence-corrected chi connectivity index (χ2v) is 10.4. The maximum Gasteiger partial charge on any atom is 0.259 e. The molecular formula is C26H29FN8O. The number of aryl methyl sites for hydroxylation is 1. The van der Waals surface area contributed by atoms with Crippen molar-refractivity contribution >= 4 is 17.2 Å². The van der Waals surface area contributed by atoms with Gasteiger partial charge < -0.3 is 15.2 Å². The Labute approximate surface area is 208 Å². The van der Waals surface area contributed by atoms with Crippen LogP contribution < -0.4 is 10.6 Å². The first-order valence-electron chi connectivity index (χ1n) is 12.4. The zero-order valence-corrected chi connectivity index (χ0v) is 20.4. The van der Waals surface area contributed by atoms with Crippen LogP contribution in [0.25, 0.3) is 5.65 Å². The molecule has 2 aliphatic carbocycles. The van der Waals surface area contributed by atoms with E-state index in [1.54, 1.807) is 24.8 Å². The number of imidazole rings is 1. The molecule has 4 heterocycles. The lowest BCUT2D eigenvalue weighted by molar-refractivity contribution is 0.102. The van der Waals surface area contributed by atoms with Crippen molar-refractivity contribution in [2.45, 2.75) is 44.6 Å². The number of pyridine rings is 2. The molecule has 0 aromatic carbocycles. The van der Waals surface area contributed by atoms with Gasteiger partial charge in [0.05, 0.1) is 29.1 Å². The SMILES string of the molecule is CC1CC(c2cncc(NC(=O)c3cc(CNCC4CC4)cn4c(F)cnc34)c2)(c2nncn2C)C1. The van der Waals surface area contributed by atoms with Gasteiger partial charge in [0.15, 0.2) is 5.65 Å². The number of hydrogen-bond donors (Lipinski definition) is 2. The number of carbonyl (C=O) groups excluding carboxylic acids is 1. The van der Waals surface area contributed by atoms with E-state index >= 15 is 0 Å². The summed E-state index contributed by atoms with van der Waals surface area (Å²) in [6.45, 7) is 3.70. The molecule has 4 aromatic rings. The van der Waals surface area contributed by atoms with Gasteiger partial charge >= 0.3 is 0 Å². The Hall–Kier alpha value is -3.66. The van der Waals surface area contributed by atoms with Crippen molar-refractivity contribution in [1.82, 2.24) is 34.4 Å². The van der Waals surface area contributed by atoms with Crippen molar-refractivity contribution < 1.29 is 9.18 Å². The fraction of sp³-hybridized carbons (Fsp3) is 0.423. The van der Waals surface area contributed by atoms with E-state index < -0.39 is 5.95 Å². The first-order chi connectivity index (χ1) is 17.4. The van der Waals surface area contributed by atoms with E-state index in [2.05, 4.69) is 37.7 Å². The lowest BCUT2D eigenvalue weighted by atomic mass is 9.59. The summed E-state index contributed by atoms with van der Waals surface area (Å²) in [6, 6.07) is 3.73. The minimum Gasteiger partial charge on any atom is -0.320 e. The summed E-state index contributed by atoms with van der Waals surface area (Å²) in [6.07, 6.45) is 12.4. The molecule has 36 heavy (non-hydrogen) atoms. The molecule has 186 valence electrons. The molecule has 0 unspecified atom stereocenters. The summed E-state index contributed by atoms with van der Waals surface area (Å²) >= 11 is 0. The zero-order valence-electron chi connectivity index (χ0n) is 20.4. The lowest BCUT2D eigenvalue weighted by Crippen LogP contribution is -2.43. The second kappa shape index (κ2) is 8.77. The van der Waals surface area contributed by atoms with Gasteiger partial charge in [0.25, 0.3) is 5.91 Å². The van der Waals surface area contributed by atoms with Crippen LogP contribution >= 0.6 is 0 Å². The normalized spacial score (nSPS) is 21.5. The van der Waals surface area contributed by atoms with Crippen LogP contribution in [0.4, 0.5) is 10.1 Å². The highest BCUT2D eigenvalue weighted by Gasteiger charge is 2.48. The number of halogens is 1. The third-order valence-corrected chi connectivity index (χ3v) is 7.40. The number of nitrogens with one attached hydrogen (secondary N) is 2. The number of nitrogens with zero attached hydrogens (tertiary/aromatic N) is 6. The molecule has 9 nitrogen and oxygen atoms in total. The van der Waals surface area contributed by atoms with E-state index in [1.807, 2.05) is 23.9 Å². The van der Waals surface area contributed by atoms with Gasteiger partial charge in [-0.3, -0.25) is 14.2 Å². The third kappa shape index (κ3) is 4.05. The monoisotopic (exact) mass is 488 g/mol. The van der Waals surface area contributed by atoms with Crippen LogP contribution in [0, 0.1) is 17.8 Å². The van der Waals surface area contributed by atoms with Crippen LogP contribution in [-0.4, -0.2) is 41.6 Å². The van der Waals surface area contributed by atoms with Crippen LogP contribution in [0.3, 0.4) is 0 Å². The second-order valence-electron chi connectivity index (χ2n) is 10.4. The standard InChI is InChI=1S/C26H29FN8O/c1-16-7-26(8-16,25-33-31-15-34(25)2)19-6-20(12-29-11-19)32-24(36)21-5-18(10-28-9-17-3-4-17)14-35-22(27)13-30-23(21)35/h5-6,11-17,28H,3-4,7-10H2,1-2H3,(H,32,36). The van der Waals surface area contributed by atoms with Gasteiger partial charge in [-0.15, -0.1) is 10.2 Å². The molecule has 2 aliphatic rings. The largest absolute Gasteiger partial charge is 0.320 e. The van der Waals surface area contributed by atoms with Crippen molar-refractivity contribution in [1.29, 1.82) is 0 Å². The molecule has 2 saturated carbocycles. The van der Waals surface area contributed by atoms with E-state index in [1.165, 1.54) is 17.2 Å². The smallest absolute Gasteiger partial charge is 0.259 e. The molecule has 10 heteroatoms. The molecule has 0 saturated heterocycles. The Morgan fingerprint density at radius 3 is 2.78 bits per heavy atom. The summed E-state index contributed by atoms with van der Waals surface area (Å²) in [7, 11) is 1.94. The van der Waals surface area contributed by atoms with E-state index in [0.29, 0.717) is 23.7 Å². The Bertz CT molecular complexity index is 1430. The van der Waals surface area contributed by atoms with Crippen LogP contribution in [0.2, 0.25) is 0 Å². The Kier molecular flexibility index (Phi) is 5.55. The van der Waals surface area contributed by atoms with E-state index in [4.69, 9.17) is 0 Å². The minimum absolute atomic E-state index is 0.281. The number of carbonyl (C=O) groups is 1. The van der Waals surface area contributed by atoms with Crippen molar-refractivity contribution in [2.75, 3.05) is 11.9 Å². The minimum atomic E-state index is -0.503. The first-order valence-corrected chi connectivity index (χ1v) is 12.4. The van der Waals surface area contributed by atoms with Crippen LogP contribution in [0.15, 0.2) is 43.2 Å². The number of amides is 1. The summed E-state index contributed by atoms with van der Waals surface area (Å²) in [5, 5.41) is 14.8. The topological polar surface area (TPSA) is 102 Å². The maximum atomic E-state index is 14.4. The van der Waals surface area contributed by atoms with Gasteiger partial charge in [-0.05, 0) is 67.3 Å². The van der Waals surface area contributed by atoms with Gasteiger partial charge in [-0.25, -0.2) is 4.98 Å². The van der Waals surface area contributed by atoms with Gasteiger partial charge in [-0.1, -0.05) is 6.92 Å². The number of aromatic nitrogens is 6. The highest BCUT2D eigenvalue weighted by atomic mass is 19.1. The predicted octanol–water partition coefficient (Wildman–Crippen LogP) is 3.46. The number of anilines is 1. The van der Waals surface area contributed by atoms with Gasteiger partial charge in [-0.2, -0.15) is 4.39 Å². The number of rotatable bonds is 8. The molecule has 0 aliphatic heterocycles. The van der Waals surface area contributed by atoms with Crippen LogP contribution in [0.5, 0.6) is 0 Å². The van der Waals surface area contributed by atoms with E-state index in [0.717, 1.165) is 48.5 Å². The van der Waals surface area contributed by atoms with Crippen molar-refractivity contribution in [2.24, 2.45) is 18.9 Å². The molecule has 0 bridgehead atoms. The van der Waals surface area contributed by atoms with Gasteiger partial charge in [0.2, 0.25) is 5.95 Å². The molecule has 2 fully saturated rings. The summed E-state index contributed by atoms with van der Waals surface area (Å²) in [5.41, 5.74) is 2.69. The van der Waals surface area contributed by atoms with Crippen molar-refractivity contribution in [3.05, 3.63) is 71.7 Å². The maximum absolute atomic E-state index is 14.4. The zero-order chi connectivity index (χ0) is 24.9. The Morgan fingerprint density at radius 1 is 1.22 bits per heavy atom. The first kappa shape index (κ1) is 22.8. The highest BCUT2D eigenvalue weighted by Crippen LogP contribution is 2.51. The number of fused-ring (bicyclic) bond motifs is 1. The molecule has 0 atom stereocenters. The summed E-state index contributed by atoms with van der Waals surface area (Å²) < 4.78 is 17.7. The van der Waals surface area contributed by atoms with Crippen molar-refractivity contribution in [3.8, 4) is 0 Å². The molecule has 6 rings (SSSR count). The van der Waals surface area contributed by atoms with Crippen molar-refractivity contribution in [3.63, 3.8) is 0 Å². The fourth-order valence-electron chi connectivity index (χ4n) is 5.48. The third-order valence-electron chi connectivity index (χ3n) is 7.40. The number of hydrogen-bond acceptors (Lipinski definition) is 6. The molecule has 0 spiro atoms. The van der Waals surface area contributed by atoms with E-state index in [-0.39, 0.29) is 17.0 Å². The molecule has 1 amide bonds. The summed E-state index contributed by atoms with van der Waals surface area (Å²) in [5.74, 6) is 1.32. The Morgan fingerprint density at radius 2 is 2.06 bits per heavy atom. The average Bonchev–Trinajstić information content (AvgIpc) is 3.46. The average molecular weight is 489 g/mol. The van der Waals surface area contributed by atoms with Crippen LogP contribution in [0.1, 0.15) is 59.9 Å². The quantitative estimate of drug-likeness (QED) is 0.394. The lowest BCUT2D eigenvalue weighted by Gasteiger charge is -2.45. The molecule has 4 aromatic heterocycles.